The first-order chi connectivity index (χ1) is 11.7. The molecule has 2 N–H and O–H groups in total. The fourth-order valence-corrected chi connectivity index (χ4v) is 3.35. The van der Waals surface area contributed by atoms with Crippen molar-refractivity contribution in [3.8, 4) is 11.3 Å². The number of rotatable bonds is 5. The number of aromatic amines is 1. The van der Waals surface area contributed by atoms with E-state index in [-0.39, 0.29) is 18.3 Å². The topological polar surface area (TPSA) is 61.0 Å². The van der Waals surface area contributed by atoms with Crippen molar-refractivity contribution in [2.24, 2.45) is 5.92 Å². The number of piperidine rings is 1. The van der Waals surface area contributed by atoms with Gasteiger partial charge in [0, 0.05) is 23.7 Å². The van der Waals surface area contributed by atoms with E-state index in [1.807, 2.05) is 36.2 Å². The summed E-state index contributed by atoms with van der Waals surface area (Å²) in [6.45, 7) is 2.68. The van der Waals surface area contributed by atoms with E-state index >= 15 is 0 Å². The van der Waals surface area contributed by atoms with Crippen LogP contribution in [0.2, 0.25) is 5.02 Å². The van der Waals surface area contributed by atoms with Gasteiger partial charge in [-0.3, -0.25) is 9.89 Å². The minimum Gasteiger partial charge on any atom is -0.339 e. The molecule has 0 saturated carbocycles. The summed E-state index contributed by atoms with van der Waals surface area (Å²) < 4.78 is 0. The van der Waals surface area contributed by atoms with Crippen LogP contribution in [0.5, 0.6) is 0 Å². The molecule has 1 aliphatic heterocycles. The number of hydrogen-bond acceptors (Lipinski definition) is 3. The zero-order chi connectivity index (χ0) is 16.9. The number of carbonyl (C=O) groups is 1. The zero-order valence-electron chi connectivity index (χ0n) is 14.3. The fourth-order valence-electron chi connectivity index (χ4n) is 3.23. The normalized spacial score (nSPS) is 15.0. The summed E-state index contributed by atoms with van der Waals surface area (Å²) in [6, 6.07) is 7.44. The van der Waals surface area contributed by atoms with Crippen LogP contribution in [0.1, 0.15) is 29.6 Å². The lowest BCUT2D eigenvalue weighted by Crippen LogP contribution is -2.39. The van der Waals surface area contributed by atoms with Crippen LogP contribution in [0.3, 0.4) is 0 Å². The van der Waals surface area contributed by atoms with Gasteiger partial charge in [0.2, 0.25) is 0 Å². The molecule has 2 aromatic rings. The summed E-state index contributed by atoms with van der Waals surface area (Å²) in [6.07, 6.45) is 4.95. The Balaban J connectivity index is 0.00000225. The van der Waals surface area contributed by atoms with Crippen LogP contribution in [0, 0.1) is 5.92 Å². The second kappa shape index (κ2) is 9.22. The number of likely N-dealkylation sites (tertiary alicyclic amines) is 1. The lowest BCUT2D eigenvalue weighted by atomic mass is 9.93. The Labute approximate surface area is 159 Å². The molecule has 136 valence electrons. The first kappa shape index (κ1) is 19.8. The molecule has 1 amide bonds. The number of nitrogens with zero attached hydrogens (tertiary/aromatic N) is 2. The molecule has 7 heteroatoms. The molecule has 0 unspecified atom stereocenters. The van der Waals surface area contributed by atoms with Gasteiger partial charge in [0.1, 0.15) is 0 Å². The highest BCUT2D eigenvalue weighted by Crippen LogP contribution is 2.26. The quantitative estimate of drug-likeness (QED) is 0.829. The summed E-state index contributed by atoms with van der Waals surface area (Å²) in [5.74, 6) is 0.766. The van der Waals surface area contributed by atoms with E-state index in [0.29, 0.717) is 16.5 Å². The minimum absolute atomic E-state index is 0. The molecule has 1 fully saturated rings. The van der Waals surface area contributed by atoms with Crippen molar-refractivity contribution >= 4 is 29.9 Å². The van der Waals surface area contributed by atoms with Crippen molar-refractivity contribution in [3.63, 3.8) is 0 Å². The Morgan fingerprint density at radius 3 is 2.64 bits per heavy atom. The molecule has 0 bridgehead atoms. The molecule has 5 nitrogen and oxygen atoms in total. The minimum atomic E-state index is 0. The first-order valence-electron chi connectivity index (χ1n) is 8.42. The highest BCUT2D eigenvalue weighted by molar-refractivity contribution is 6.30. The summed E-state index contributed by atoms with van der Waals surface area (Å²) in [7, 11) is 1.98. The molecule has 1 aromatic carbocycles. The highest BCUT2D eigenvalue weighted by Gasteiger charge is 2.26. The molecular weight excluding hydrogens is 359 g/mol. The third-order valence-corrected chi connectivity index (χ3v) is 4.96. The Morgan fingerprint density at radius 2 is 2.00 bits per heavy atom. The fraction of sp³-hybridized carbons (Fsp3) is 0.444. The predicted molar refractivity (Wildman–Crippen MR) is 103 cm³/mol. The average Bonchev–Trinajstić information content (AvgIpc) is 3.10. The number of H-pyrrole nitrogens is 1. The van der Waals surface area contributed by atoms with Crippen molar-refractivity contribution in [1.29, 1.82) is 0 Å². The van der Waals surface area contributed by atoms with E-state index in [2.05, 4.69) is 15.5 Å². The molecule has 0 radical (unpaired) electrons. The number of aromatic nitrogens is 2. The number of benzene rings is 1. The van der Waals surface area contributed by atoms with Gasteiger partial charge >= 0.3 is 0 Å². The van der Waals surface area contributed by atoms with Gasteiger partial charge in [-0.15, -0.1) is 12.4 Å². The summed E-state index contributed by atoms with van der Waals surface area (Å²) in [5, 5.41) is 10.9. The maximum absolute atomic E-state index is 12.9. The standard InChI is InChI=1S/C18H23ClN4O.ClH/c1-20-9-6-13-7-10-23(11-8-13)18(24)16-12-21-22-17(16)14-2-4-15(19)5-3-14;/h2-5,12-13,20H,6-11H2,1H3,(H,21,22);1H. The molecule has 0 atom stereocenters. The smallest absolute Gasteiger partial charge is 0.257 e. The molecular formula is C18H24Cl2N4O. The second-order valence-corrected chi connectivity index (χ2v) is 6.73. The number of nitrogens with one attached hydrogen (secondary N) is 2. The number of amides is 1. The van der Waals surface area contributed by atoms with Crippen LogP contribution in [0.4, 0.5) is 0 Å². The first-order valence-corrected chi connectivity index (χ1v) is 8.80. The van der Waals surface area contributed by atoms with E-state index in [1.54, 1.807) is 6.20 Å². The monoisotopic (exact) mass is 382 g/mol. The van der Waals surface area contributed by atoms with Gasteiger partial charge in [0.05, 0.1) is 17.5 Å². The van der Waals surface area contributed by atoms with Crippen molar-refractivity contribution in [2.75, 3.05) is 26.7 Å². The second-order valence-electron chi connectivity index (χ2n) is 6.29. The number of halogens is 2. The summed E-state index contributed by atoms with van der Waals surface area (Å²) in [5.41, 5.74) is 2.31. The van der Waals surface area contributed by atoms with Crippen LogP contribution in [-0.4, -0.2) is 47.7 Å². The third kappa shape index (κ3) is 4.75. The maximum atomic E-state index is 12.9. The van der Waals surface area contributed by atoms with Crippen molar-refractivity contribution in [1.82, 2.24) is 20.4 Å². The largest absolute Gasteiger partial charge is 0.339 e. The summed E-state index contributed by atoms with van der Waals surface area (Å²) in [4.78, 5) is 14.8. The van der Waals surface area contributed by atoms with Crippen LogP contribution in [0.25, 0.3) is 11.3 Å². The van der Waals surface area contributed by atoms with Gasteiger partial charge in [0.25, 0.3) is 5.91 Å². The maximum Gasteiger partial charge on any atom is 0.257 e. The van der Waals surface area contributed by atoms with Gasteiger partial charge in [-0.05, 0) is 50.9 Å². The van der Waals surface area contributed by atoms with E-state index in [4.69, 9.17) is 11.6 Å². The SMILES string of the molecule is CNCCC1CCN(C(=O)c2cn[nH]c2-c2ccc(Cl)cc2)CC1.Cl. The molecule has 3 rings (SSSR count). The van der Waals surface area contributed by atoms with Crippen LogP contribution in [-0.2, 0) is 0 Å². The number of carbonyl (C=O) groups excluding carboxylic acids is 1. The van der Waals surface area contributed by atoms with Gasteiger partial charge < -0.3 is 10.2 Å². The van der Waals surface area contributed by atoms with Gasteiger partial charge in [-0.1, -0.05) is 23.7 Å². The predicted octanol–water partition coefficient (Wildman–Crippen LogP) is 3.61. The van der Waals surface area contributed by atoms with Crippen molar-refractivity contribution in [3.05, 3.63) is 41.0 Å². The molecule has 0 spiro atoms. The van der Waals surface area contributed by atoms with Gasteiger partial charge in [-0.2, -0.15) is 5.10 Å². The molecule has 1 saturated heterocycles. The van der Waals surface area contributed by atoms with Gasteiger partial charge in [-0.25, -0.2) is 0 Å². The zero-order valence-corrected chi connectivity index (χ0v) is 15.9. The Kier molecular flexibility index (Phi) is 7.29. The van der Waals surface area contributed by atoms with E-state index in [1.165, 1.54) is 6.42 Å². The van der Waals surface area contributed by atoms with Crippen molar-refractivity contribution < 1.29 is 4.79 Å². The lowest BCUT2D eigenvalue weighted by molar-refractivity contribution is 0.0688. The highest BCUT2D eigenvalue weighted by atomic mass is 35.5. The summed E-state index contributed by atoms with van der Waals surface area (Å²) >= 11 is 5.94. The Morgan fingerprint density at radius 1 is 1.32 bits per heavy atom. The van der Waals surface area contributed by atoms with Gasteiger partial charge in [0.15, 0.2) is 0 Å². The lowest BCUT2D eigenvalue weighted by Gasteiger charge is -2.32. The molecule has 1 aliphatic rings. The Bertz CT molecular complexity index is 679. The number of hydrogen-bond donors (Lipinski definition) is 2. The van der Waals surface area contributed by atoms with Crippen molar-refractivity contribution in [2.45, 2.75) is 19.3 Å². The van der Waals surface area contributed by atoms with Crippen LogP contribution in [0.15, 0.2) is 30.5 Å². The molecule has 1 aromatic heterocycles. The Hall–Kier alpha value is -1.56. The molecule has 25 heavy (non-hydrogen) atoms. The molecule has 2 heterocycles. The van der Waals surface area contributed by atoms with Crippen LogP contribution >= 0.6 is 24.0 Å². The third-order valence-electron chi connectivity index (χ3n) is 4.71. The van der Waals surface area contributed by atoms with E-state index in [9.17, 15) is 4.79 Å². The molecule has 0 aliphatic carbocycles. The van der Waals surface area contributed by atoms with E-state index < -0.39 is 0 Å². The van der Waals surface area contributed by atoms with E-state index in [0.717, 1.165) is 43.7 Å². The average molecular weight is 383 g/mol. The van der Waals surface area contributed by atoms with Crippen LogP contribution < -0.4 is 5.32 Å².